The van der Waals surface area contributed by atoms with Gasteiger partial charge in [-0.3, -0.25) is 4.79 Å². The van der Waals surface area contributed by atoms with Crippen LogP contribution in [0.4, 0.5) is 5.69 Å². The largest absolute Gasteiger partial charge is 0.494 e. The average Bonchev–Trinajstić information content (AvgIpc) is 2.56. The topological polar surface area (TPSA) is 38.3 Å². The van der Waals surface area contributed by atoms with Crippen molar-refractivity contribution < 1.29 is 9.53 Å². The Bertz CT molecular complexity index is 706. The first kappa shape index (κ1) is 19.7. The first-order chi connectivity index (χ1) is 12.0. The van der Waals surface area contributed by atoms with E-state index in [1.807, 2.05) is 37.3 Å². The molecule has 3 nitrogen and oxygen atoms in total. The number of anilines is 1. The lowest BCUT2D eigenvalue weighted by molar-refractivity contribution is -0.113. The van der Waals surface area contributed by atoms with E-state index in [2.05, 4.69) is 18.3 Å². The zero-order valence-corrected chi connectivity index (χ0v) is 16.3. The Morgan fingerprint density at radius 2 is 2.00 bits per heavy atom. The van der Waals surface area contributed by atoms with E-state index >= 15 is 0 Å². The molecule has 0 aromatic heterocycles. The van der Waals surface area contributed by atoms with E-state index in [9.17, 15) is 4.79 Å². The summed E-state index contributed by atoms with van der Waals surface area (Å²) in [6.45, 7) is 4.70. The van der Waals surface area contributed by atoms with Crippen LogP contribution >= 0.6 is 23.4 Å². The van der Waals surface area contributed by atoms with Crippen molar-refractivity contribution in [2.24, 2.45) is 0 Å². The Kier molecular flexibility index (Phi) is 8.16. The summed E-state index contributed by atoms with van der Waals surface area (Å²) >= 11 is 7.56. The van der Waals surface area contributed by atoms with Gasteiger partial charge in [0.15, 0.2) is 0 Å². The second-order valence-electron chi connectivity index (χ2n) is 5.93. The maximum Gasteiger partial charge on any atom is 0.234 e. The first-order valence-corrected chi connectivity index (χ1v) is 9.91. The highest BCUT2D eigenvalue weighted by Gasteiger charge is 2.05. The van der Waals surface area contributed by atoms with Crippen LogP contribution in [0.3, 0.4) is 0 Å². The molecule has 1 N–H and O–H groups in total. The van der Waals surface area contributed by atoms with E-state index in [1.54, 1.807) is 17.8 Å². The number of aryl methyl sites for hydroxylation is 2. The van der Waals surface area contributed by atoms with E-state index in [1.165, 1.54) is 5.56 Å². The number of carbonyl (C=O) groups is 1. The standard InChI is InChI=1S/C20H24ClNO2S/c1-15-6-5-7-18(12-15)24-10-3-4-11-25-14-20(23)22-19-9-8-17(21)13-16(19)2/h5-9,12-13H,3-4,10-11,14H2,1-2H3,(H,22,23). The summed E-state index contributed by atoms with van der Waals surface area (Å²) in [6, 6.07) is 13.5. The van der Waals surface area contributed by atoms with Crippen LogP contribution in [-0.4, -0.2) is 24.0 Å². The smallest absolute Gasteiger partial charge is 0.234 e. The predicted octanol–water partition coefficient (Wildman–Crippen LogP) is 5.49. The highest BCUT2D eigenvalue weighted by Crippen LogP contribution is 2.20. The van der Waals surface area contributed by atoms with E-state index < -0.39 is 0 Å². The quantitative estimate of drug-likeness (QED) is 0.587. The Morgan fingerprint density at radius 3 is 2.76 bits per heavy atom. The number of amides is 1. The lowest BCUT2D eigenvalue weighted by Gasteiger charge is -2.09. The molecule has 0 spiro atoms. The van der Waals surface area contributed by atoms with Crippen molar-refractivity contribution in [1.82, 2.24) is 0 Å². The van der Waals surface area contributed by atoms with Crippen LogP contribution in [0.1, 0.15) is 24.0 Å². The Balaban J connectivity index is 1.56. The van der Waals surface area contributed by atoms with Gasteiger partial charge in [0.05, 0.1) is 12.4 Å². The molecule has 0 aliphatic carbocycles. The molecule has 0 saturated carbocycles. The van der Waals surface area contributed by atoms with Crippen molar-refractivity contribution in [2.45, 2.75) is 26.7 Å². The fourth-order valence-electron chi connectivity index (χ4n) is 2.32. The molecule has 0 fully saturated rings. The number of halogens is 1. The van der Waals surface area contributed by atoms with E-state index in [0.29, 0.717) is 17.4 Å². The fraction of sp³-hybridized carbons (Fsp3) is 0.350. The van der Waals surface area contributed by atoms with E-state index in [4.69, 9.17) is 16.3 Å². The van der Waals surface area contributed by atoms with Crippen LogP contribution in [0, 0.1) is 13.8 Å². The summed E-state index contributed by atoms with van der Waals surface area (Å²) in [5.74, 6) is 2.35. The van der Waals surface area contributed by atoms with Crippen molar-refractivity contribution in [1.29, 1.82) is 0 Å². The third kappa shape index (κ3) is 7.41. The van der Waals surface area contributed by atoms with Crippen molar-refractivity contribution in [3.05, 3.63) is 58.6 Å². The Hall–Kier alpha value is -1.65. The number of thioether (sulfide) groups is 1. The number of unbranched alkanes of at least 4 members (excludes halogenated alkanes) is 1. The van der Waals surface area contributed by atoms with Gasteiger partial charge >= 0.3 is 0 Å². The molecule has 0 bridgehead atoms. The van der Waals surface area contributed by atoms with Crippen LogP contribution in [0.15, 0.2) is 42.5 Å². The molecule has 2 rings (SSSR count). The summed E-state index contributed by atoms with van der Waals surface area (Å²) < 4.78 is 5.72. The van der Waals surface area contributed by atoms with Gasteiger partial charge in [-0.2, -0.15) is 11.8 Å². The lowest BCUT2D eigenvalue weighted by Crippen LogP contribution is -2.15. The number of nitrogens with one attached hydrogen (secondary N) is 1. The van der Waals surface area contributed by atoms with Crippen LogP contribution in [0.2, 0.25) is 5.02 Å². The fourth-order valence-corrected chi connectivity index (χ4v) is 3.36. The van der Waals surface area contributed by atoms with Crippen LogP contribution in [-0.2, 0) is 4.79 Å². The maximum atomic E-state index is 12.0. The molecule has 0 atom stereocenters. The van der Waals surface area contributed by atoms with Crippen molar-refractivity contribution in [3.63, 3.8) is 0 Å². The number of rotatable bonds is 9. The molecule has 0 radical (unpaired) electrons. The van der Waals surface area contributed by atoms with Gasteiger partial charge in [0.25, 0.3) is 0 Å². The summed E-state index contributed by atoms with van der Waals surface area (Å²) in [4.78, 5) is 12.0. The second kappa shape index (κ2) is 10.4. The molecule has 5 heteroatoms. The molecule has 1 amide bonds. The van der Waals surface area contributed by atoms with Crippen molar-refractivity contribution in [2.75, 3.05) is 23.4 Å². The molecule has 0 aliphatic rings. The molecule has 0 unspecified atom stereocenters. The summed E-state index contributed by atoms with van der Waals surface area (Å²) in [5, 5.41) is 3.60. The lowest BCUT2D eigenvalue weighted by atomic mass is 10.2. The minimum atomic E-state index is 0.0198. The van der Waals surface area contributed by atoms with Gasteiger partial charge in [0, 0.05) is 10.7 Å². The second-order valence-corrected chi connectivity index (χ2v) is 7.47. The monoisotopic (exact) mass is 377 g/mol. The van der Waals surface area contributed by atoms with Gasteiger partial charge in [-0.05, 0) is 73.9 Å². The summed E-state index contributed by atoms with van der Waals surface area (Å²) in [6.07, 6.45) is 2.02. The molecular weight excluding hydrogens is 354 g/mol. The molecule has 0 aliphatic heterocycles. The minimum Gasteiger partial charge on any atom is -0.494 e. The zero-order chi connectivity index (χ0) is 18.1. The van der Waals surface area contributed by atoms with Gasteiger partial charge in [0.1, 0.15) is 5.75 Å². The number of benzene rings is 2. The number of hydrogen-bond donors (Lipinski definition) is 1. The molecule has 0 heterocycles. The van der Waals surface area contributed by atoms with Crippen LogP contribution < -0.4 is 10.1 Å². The number of carbonyl (C=O) groups excluding carboxylic acids is 1. The van der Waals surface area contributed by atoms with Gasteiger partial charge in [-0.1, -0.05) is 23.7 Å². The molecule has 25 heavy (non-hydrogen) atoms. The SMILES string of the molecule is Cc1cccc(OCCCCSCC(=O)Nc2ccc(Cl)cc2C)c1. The predicted molar refractivity (Wildman–Crippen MR) is 108 cm³/mol. The highest BCUT2D eigenvalue weighted by molar-refractivity contribution is 7.99. The molecule has 134 valence electrons. The third-order valence-corrected chi connectivity index (χ3v) is 4.92. The highest BCUT2D eigenvalue weighted by atomic mass is 35.5. The van der Waals surface area contributed by atoms with Gasteiger partial charge in [-0.25, -0.2) is 0 Å². The van der Waals surface area contributed by atoms with E-state index in [-0.39, 0.29) is 5.91 Å². The maximum absolute atomic E-state index is 12.0. The van der Waals surface area contributed by atoms with E-state index in [0.717, 1.165) is 35.6 Å². The summed E-state index contributed by atoms with van der Waals surface area (Å²) in [7, 11) is 0. The van der Waals surface area contributed by atoms with Gasteiger partial charge in [-0.15, -0.1) is 0 Å². The first-order valence-electron chi connectivity index (χ1n) is 8.38. The Morgan fingerprint density at radius 1 is 1.16 bits per heavy atom. The molecular formula is C20H24ClNO2S. The molecule has 0 saturated heterocycles. The molecule has 2 aromatic rings. The third-order valence-electron chi connectivity index (χ3n) is 3.64. The number of hydrogen-bond acceptors (Lipinski definition) is 3. The average molecular weight is 378 g/mol. The van der Waals surface area contributed by atoms with Gasteiger partial charge in [0.2, 0.25) is 5.91 Å². The minimum absolute atomic E-state index is 0.0198. The van der Waals surface area contributed by atoms with Crippen LogP contribution in [0.5, 0.6) is 5.75 Å². The van der Waals surface area contributed by atoms with Crippen molar-refractivity contribution in [3.8, 4) is 5.75 Å². The Labute approximate surface area is 159 Å². The van der Waals surface area contributed by atoms with Gasteiger partial charge < -0.3 is 10.1 Å². The summed E-state index contributed by atoms with van der Waals surface area (Å²) in [5.41, 5.74) is 3.00. The molecule has 2 aromatic carbocycles. The zero-order valence-electron chi connectivity index (χ0n) is 14.7. The van der Waals surface area contributed by atoms with Crippen LogP contribution in [0.25, 0.3) is 0 Å². The number of ether oxygens (including phenoxy) is 1. The van der Waals surface area contributed by atoms with Crippen molar-refractivity contribution >= 4 is 35.0 Å². The normalized spacial score (nSPS) is 10.5.